The second kappa shape index (κ2) is 8.21. The molecular weight excluding hydrogens is 318 g/mol. The maximum Gasteiger partial charge on any atom is 0.221 e. The normalized spacial score (nSPS) is 11.2. The van der Waals surface area contributed by atoms with Crippen LogP contribution >= 0.6 is 11.6 Å². The standard InChI is InChI=1S/C13H18ClNO5S/c1-19-7-6-15-13(16)5-8-21(17,18)10-3-4-12(20-2)11(14)9-10/h3-4,9H,5-8H2,1-2H3,(H,15,16). The summed E-state index contributed by atoms with van der Waals surface area (Å²) in [4.78, 5) is 11.6. The lowest BCUT2D eigenvalue weighted by atomic mass is 10.3. The summed E-state index contributed by atoms with van der Waals surface area (Å²) in [6.45, 7) is 0.732. The minimum atomic E-state index is -3.57. The van der Waals surface area contributed by atoms with Crippen LogP contribution in [0.4, 0.5) is 0 Å². The van der Waals surface area contributed by atoms with Gasteiger partial charge >= 0.3 is 0 Å². The van der Waals surface area contributed by atoms with Crippen LogP contribution < -0.4 is 10.1 Å². The van der Waals surface area contributed by atoms with Gasteiger partial charge in [0.1, 0.15) is 5.75 Å². The summed E-state index contributed by atoms with van der Waals surface area (Å²) in [5.41, 5.74) is 0. The van der Waals surface area contributed by atoms with Crippen molar-refractivity contribution in [2.45, 2.75) is 11.3 Å². The van der Waals surface area contributed by atoms with Crippen LogP contribution in [0.5, 0.6) is 5.75 Å². The number of sulfone groups is 1. The predicted molar refractivity (Wildman–Crippen MR) is 79.6 cm³/mol. The van der Waals surface area contributed by atoms with Gasteiger partial charge in [-0.2, -0.15) is 0 Å². The van der Waals surface area contributed by atoms with Crippen LogP contribution in [-0.4, -0.2) is 47.4 Å². The molecular formula is C13H18ClNO5S. The molecule has 6 nitrogen and oxygen atoms in total. The second-order valence-corrected chi connectivity index (χ2v) is 6.72. The van der Waals surface area contributed by atoms with E-state index in [9.17, 15) is 13.2 Å². The fourth-order valence-corrected chi connectivity index (χ4v) is 3.15. The molecule has 1 rings (SSSR count). The van der Waals surface area contributed by atoms with Crippen molar-refractivity contribution in [1.29, 1.82) is 0 Å². The zero-order valence-electron chi connectivity index (χ0n) is 11.9. The topological polar surface area (TPSA) is 81.7 Å². The lowest BCUT2D eigenvalue weighted by Crippen LogP contribution is -2.28. The van der Waals surface area contributed by atoms with Crippen molar-refractivity contribution in [2.75, 3.05) is 33.1 Å². The number of carbonyl (C=O) groups is 1. The second-order valence-electron chi connectivity index (χ2n) is 4.21. The monoisotopic (exact) mass is 335 g/mol. The highest BCUT2D eigenvalue weighted by atomic mass is 35.5. The van der Waals surface area contributed by atoms with Crippen LogP contribution in [0.25, 0.3) is 0 Å². The van der Waals surface area contributed by atoms with E-state index in [1.807, 2.05) is 0 Å². The van der Waals surface area contributed by atoms with E-state index in [4.69, 9.17) is 21.1 Å². The van der Waals surface area contributed by atoms with Crippen LogP contribution in [0.1, 0.15) is 6.42 Å². The van der Waals surface area contributed by atoms with Gasteiger partial charge in [0.2, 0.25) is 5.91 Å². The molecule has 0 bridgehead atoms. The quantitative estimate of drug-likeness (QED) is 0.724. The minimum Gasteiger partial charge on any atom is -0.495 e. The average Bonchev–Trinajstić information content (AvgIpc) is 2.45. The molecule has 1 aromatic carbocycles. The smallest absolute Gasteiger partial charge is 0.221 e. The summed E-state index contributed by atoms with van der Waals surface area (Å²) in [6.07, 6.45) is -0.115. The Labute approximate surface area is 129 Å². The summed E-state index contributed by atoms with van der Waals surface area (Å²) in [6, 6.07) is 4.20. The van der Waals surface area contributed by atoms with Gasteiger partial charge in [-0.15, -0.1) is 0 Å². The molecule has 0 saturated carbocycles. The molecule has 0 spiro atoms. The summed E-state index contributed by atoms with van der Waals surface area (Å²) in [7, 11) is -0.603. The van der Waals surface area contributed by atoms with Crippen molar-refractivity contribution in [3.8, 4) is 5.75 Å². The lowest BCUT2D eigenvalue weighted by molar-refractivity contribution is -0.120. The van der Waals surface area contributed by atoms with Gasteiger partial charge in [-0.3, -0.25) is 4.79 Å². The third-order valence-corrected chi connectivity index (χ3v) is 4.72. The molecule has 0 unspecified atom stereocenters. The van der Waals surface area contributed by atoms with Crippen LogP contribution in [-0.2, 0) is 19.4 Å². The summed E-state index contributed by atoms with van der Waals surface area (Å²) < 4.78 is 34.0. The Bertz CT molecular complexity index is 588. The van der Waals surface area contributed by atoms with Crippen LogP contribution in [0.15, 0.2) is 23.1 Å². The SMILES string of the molecule is COCCNC(=O)CCS(=O)(=O)c1ccc(OC)c(Cl)c1. The van der Waals surface area contributed by atoms with Crippen molar-refractivity contribution < 1.29 is 22.7 Å². The molecule has 0 aliphatic carbocycles. The highest BCUT2D eigenvalue weighted by Gasteiger charge is 2.18. The number of hydrogen-bond acceptors (Lipinski definition) is 5. The molecule has 1 aromatic rings. The van der Waals surface area contributed by atoms with Crippen molar-refractivity contribution in [3.05, 3.63) is 23.2 Å². The Morgan fingerprint density at radius 2 is 2.05 bits per heavy atom. The largest absolute Gasteiger partial charge is 0.495 e. The van der Waals surface area contributed by atoms with Gasteiger partial charge in [0.25, 0.3) is 0 Å². The third-order valence-electron chi connectivity index (χ3n) is 2.71. The first kappa shape index (κ1) is 17.7. The van der Waals surface area contributed by atoms with Gasteiger partial charge in [-0.1, -0.05) is 11.6 Å². The highest BCUT2D eigenvalue weighted by Crippen LogP contribution is 2.27. The molecule has 0 radical (unpaired) electrons. The predicted octanol–water partition coefficient (Wildman–Crippen LogP) is 1.28. The molecule has 8 heteroatoms. The molecule has 0 heterocycles. The minimum absolute atomic E-state index is 0.0676. The Balaban J connectivity index is 2.65. The summed E-state index contributed by atoms with van der Waals surface area (Å²) in [5.74, 6) is -0.225. The number of rotatable bonds is 8. The Kier molecular flexibility index (Phi) is 6.94. The van der Waals surface area contributed by atoms with E-state index in [2.05, 4.69) is 5.32 Å². The first-order chi connectivity index (χ1) is 9.90. The van der Waals surface area contributed by atoms with Crippen LogP contribution in [0.3, 0.4) is 0 Å². The Hall–Kier alpha value is -1.31. The van der Waals surface area contributed by atoms with Gasteiger partial charge < -0.3 is 14.8 Å². The Morgan fingerprint density at radius 3 is 2.62 bits per heavy atom. The van der Waals surface area contributed by atoms with Crippen molar-refractivity contribution in [2.24, 2.45) is 0 Å². The number of methoxy groups -OCH3 is 2. The summed E-state index contributed by atoms with van der Waals surface area (Å²) in [5, 5.41) is 2.77. The number of amides is 1. The molecule has 0 aliphatic heterocycles. The van der Waals surface area contributed by atoms with Crippen molar-refractivity contribution in [1.82, 2.24) is 5.32 Å². The van der Waals surface area contributed by atoms with Gasteiger partial charge in [0.15, 0.2) is 9.84 Å². The maximum atomic E-state index is 12.1. The molecule has 0 atom stereocenters. The number of halogens is 1. The molecule has 0 aromatic heterocycles. The number of benzene rings is 1. The molecule has 1 amide bonds. The first-order valence-electron chi connectivity index (χ1n) is 6.22. The van der Waals surface area contributed by atoms with Gasteiger partial charge in [-0.25, -0.2) is 8.42 Å². The van der Waals surface area contributed by atoms with E-state index in [-0.39, 0.29) is 28.0 Å². The average molecular weight is 336 g/mol. The van der Waals surface area contributed by atoms with Crippen LogP contribution in [0, 0.1) is 0 Å². The van der Waals surface area contributed by atoms with E-state index >= 15 is 0 Å². The van der Waals surface area contributed by atoms with E-state index in [1.54, 1.807) is 0 Å². The first-order valence-corrected chi connectivity index (χ1v) is 8.25. The number of hydrogen-bond donors (Lipinski definition) is 1. The number of carbonyl (C=O) groups excluding carboxylic acids is 1. The van der Waals surface area contributed by atoms with E-state index in [0.717, 1.165) is 0 Å². The number of nitrogens with one attached hydrogen (secondary N) is 1. The molecule has 0 saturated heterocycles. The van der Waals surface area contributed by atoms with Crippen LogP contribution in [0.2, 0.25) is 5.02 Å². The zero-order chi connectivity index (χ0) is 15.9. The van der Waals surface area contributed by atoms with Gasteiger partial charge in [0.05, 0.1) is 29.4 Å². The van der Waals surface area contributed by atoms with Gasteiger partial charge in [0, 0.05) is 20.1 Å². The van der Waals surface area contributed by atoms with E-state index in [0.29, 0.717) is 18.9 Å². The van der Waals surface area contributed by atoms with Gasteiger partial charge in [-0.05, 0) is 18.2 Å². The lowest BCUT2D eigenvalue weighted by Gasteiger charge is -2.08. The fraction of sp³-hybridized carbons (Fsp3) is 0.462. The van der Waals surface area contributed by atoms with Crippen molar-refractivity contribution >= 4 is 27.3 Å². The molecule has 0 aliphatic rings. The third kappa shape index (κ3) is 5.53. The summed E-state index contributed by atoms with van der Waals surface area (Å²) >= 11 is 5.90. The molecule has 1 N–H and O–H groups in total. The maximum absolute atomic E-state index is 12.1. The van der Waals surface area contributed by atoms with E-state index in [1.165, 1.54) is 32.4 Å². The Morgan fingerprint density at radius 1 is 1.33 bits per heavy atom. The zero-order valence-corrected chi connectivity index (χ0v) is 13.5. The highest BCUT2D eigenvalue weighted by molar-refractivity contribution is 7.91. The molecule has 0 fully saturated rings. The number of ether oxygens (including phenoxy) is 2. The molecule has 21 heavy (non-hydrogen) atoms. The fourth-order valence-electron chi connectivity index (χ4n) is 1.57. The van der Waals surface area contributed by atoms with Crippen molar-refractivity contribution in [3.63, 3.8) is 0 Å². The molecule has 118 valence electrons. The van der Waals surface area contributed by atoms with E-state index < -0.39 is 9.84 Å².